The highest BCUT2D eigenvalue weighted by Gasteiger charge is 2.08. The number of nitrogens with zero attached hydrogens (tertiary/aromatic N) is 3. The maximum Gasteiger partial charge on any atom is 0.130 e. The lowest BCUT2D eigenvalue weighted by Gasteiger charge is -2.09. The van der Waals surface area contributed by atoms with E-state index >= 15 is 0 Å². The normalized spacial score (nSPS) is 10.7. The summed E-state index contributed by atoms with van der Waals surface area (Å²) in [7, 11) is 0. The maximum atomic E-state index is 5.94. The highest BCUT2D eigenvalue weighted by atomic mass is 35.5. The zero-order valence-corrected chi connectivity index (χ0v) is 16.3. The van der Waals surface area contributed by atoms with Crippen molar-refractivity contribution in [1.29, 1.82) is 0 Å². The van der Waals surface area contributed by atoms with Crippen molar-refractivity contribution < 1.29 is 0 Å². The molecule has 0 aliphatic rings. The number of halogens is 1. The molecule has 0 atom stereocenters. The van der Waals surface area contributed by atoms with Gasteiger partial charge in [0.25, 0.3) is 0 Å². The van der Waals surface area contributed by atoms with Crippen molar-refractivity contribution in [1.82, 2.24) is 15.0 Å². The number of benzene rings is 1. The smallest absolute Gasteiger partial charge is 0.130 e. The fourth-order valence-electron chi connectivity index (χ4n) is 2.76. The Kier molecular flexibility index (Phi) is 5.14. The van der Waals surface area contributed by atoms with Gasteiger partial charge < -0.3 is 5.32 Å². The summed E-state index contributed by atoms with van der Waals surface area (Å²) in [6.07, 6.45) is 3.71. The highest BCUT2D eigenvalue weighted by molar-refractivity contribution is 7.13. The van der Waals surface area contributed by atoms with Gasteiger partial charge in [-0.2, -0.15) is 0 Å². The number of aryl methyl sites for hydroxylation is 1. The molecule has 4 rings (SSSR count). The average molecular weight is 393 g/mol. The largest absolute Gasteiger partial charge is 0.366 e. The monoisotopic (exact) mass is 392 g/mol. The van der Waals surface area contributed by atoms with Crippen molar-refractivity contribution in [3.8, 4) is 21.7 Å². The number of thiophene rings is 1. The predicted octanol–water partition coefficient (Wildman–Crippen LogP) is 5.84. The van der Waals surface area contributed by atoms with Gasteiger partial charge in [0.05, 0.1) is 5.69 Å². The van der Waals surface area contributed by atoms with Crippen LogP contribution in [0.3, 0.4) is 0 Å². The third-order valence-corrected chi connectivity index (χ3v) is 5.24. The fraction of sp³-hybridized carbons (Fsp3) is 0.0952. The van der Waals surface area contributed by atoms with E-state index in [0.29, 0.717) is 12.4 Å². The van der Waals surface area contributed by atoms with Gasteiger partial charge in [0.2, 0.25) is 0 Å². The molecule has 1 aromatic carbocycles. The summed E-state index contributed by atoms with van der Waals surface area (Å²) in [6, 6.07) is 16.0. The van der Waals surface area contributed by atoms with Crippen LogP contribution in [0, 0.1) is 6.92 Å². The van der Waals surface area contributed by atoms with Crippen LogP contribution < -0.4 is 5.32 Å². The Morgan fingerprint density at radius 2 is 1.81 bits per heavy atom. The van der Waals surface area contributed by atoms with E-state index in [1.807, 2.05) is 55.7 Å². The molecule has 0 aliphatic heterocycles. The number of pyridine rings is 1. The lowest BCUT2D eigenvalue weighted by Crippen LogP contribution is -2.04. The molecule has 134 valence electrons. The highest BCUT2D eigenvalue weighted by Crippen LogP contribution is 2.28. The summed E-state index contributed by atoms with van der Waals surface area (Å²) in [4.78, 5) is 14.7. The molecule has 0 spiro atoms. The third kappa shape index (κ3) is 4.32. The predicted molar refractivity (Wildman–Crippen MR) is 112 cm³/mol. The fourth-order valence-corrected chi connectivity index (χ4v) is 3.59. The van der Waals surface area contributed by atoms with Crippen LogP contribution in [0.1, 0.15) is 11.4 Å². The van der Waals surface area contributed by atoms with Crippen molar-refractivity contribution in [3.05, 3.63) is 82.7 Å². The lowest BCUT2D eigenvalue weighted by atomic mass is 10.1. The topological polar surface area (TPSA) is 50.7 Å². The van der Waals surface area contributed by atoms with Crippen LogP contribution in [0.15, 0.2) is 66.3 Å². The lowest BCUT2D eigenvalue weighted by molar-refractivity contribution is 1.03. The van der Waals surface area contributed by atoms with E-state index in [4.69, 9.17) is 11.6 Å². The molecule has 0 amide bonds. The zero-order valence-electron chi connectivity index (χ0n) is 14.7. The number of anilines is 1. The summed E-state index contributed by atoms with van der Waals surface area (Å²) in [5, 5.41) is 6.16. The minimum absolute atomic E-state index is 0.667. The van der Waals surface area contributed by atoms with Crippen LogP contribution in [0.4, 0.5) is 5.82 Å². The Morgan fingerprint density at radius 1 is 1.00 bits per heavy atom. The molecular weight excluding hydrogens is 376 g/mol. The minimum Gasteiger partial charge on any atom is -0.366 e. The van der Waals surface area contributed by atoms with Crippen molar-refractivity contribution in [3.63, 3.8) is 0 Å². The molecule has 27 heavy (non-hydrogen) atoms. The molecule has 0 radical (unpaired) electrons. The number of aromatic nitrogens is 3. The van der Waals surface area contributed by atoms with Gasteiger partial charge in [-0.15, -0.1) is 11.3 Å². The molecule has 4 nitrogen and oxygen atoms in total. The summed E-state index contributed by atoms with van der Waals surface area (Å²) in [5.41, 5.74) is 4.06. The van der Waals surface area contributed by atoms with Crippen LogP contribution >= 0.6 is 22.9 Å². The summed E-state index contributed by atoms with van der Waals surface area (Å²) >= 11 is 7.64. The van der Waals surface area contributed by atoms with Crippen LogP contribution in [-0.2, 0) is 6.54 Å². The van der Waals surface area contributed by atoms with E-state index in [1.54, 1.807) is 11.3 Å². The Hall–Kier alpha value is -2.76. The number of hydrogen-bond acceptors (Lipinski definition) is 5. The zero-order chi connectivity index (χ0) is 18.6. The molecule has 4 aromatic rings. The van der Waals surface area contributed by atoms with Crippen molar-refractivity contribution in [2.24, 2.45) is 0 Å². The molecule has 3 heterocycles. The van der Waals surface area contributed by atoms with Crippen molar-refractivity contribution >= 4 is 28.8 Å². The molecule has 0 bridgehead atoms. The molecule has 0 unspecified atom stereocenters. The second-order valence-corrected chi connectivity index (χ2v) is 7.49. The summed E-state index contributed by atoms with van der Waals surface area (Å²) in [5.74, 6) is 1.50. The first-order valence-corrected chi connectivity index (χ1v) is 9.76. The van der Waals surface area contributed by atoms with Crippen LogP contribution in [0.2, 0.25) is 5.02 Å². The van der Waals surface area contributed by atoms with E-state index in [2.05, 4.69) is 37.8 Å². The first-order valence-electron chi connectivity index (χ1n) is 8.51. The van der Waals surface area contributed by atoms with Crippen molar-refractivity contribution in [2.75, 3.05) is 5.32 Å². The van der Waals surface area contributed by atoms with Gasteiger partial charge in [-0.25, -0.2) is 9.97 Å². The second kappa shape index (κ2) is 7.86. The van der Waals surface area contributed by atoms with Gasteiger partial charge >= 0.3 is 0 Å². The molecule has 0 fully saturated rings. The van der Waals surface area contributed by atoms with E-state index < -0.39 is 0 Å². The van der Waals surface area contributed by atoms with E-state index in [1.165, 1.54) is 4.88 Å². The van der Waals surface area contributed by atoms with Gasteiger partial charge in [0, 0.05) is 46.0 Å². The molecule has 6 heteroatoms. The first-order chi connectivity index (χ1) is 13.2. The Balaban J connectivity index is 1.59. The quantitative estimate of drug-likeness (QED) is 0.463. The summed E-state index contributed by atoms with van der Waals surface area (Å²) in [6.45, 7) is 2.56. The maximum absolute atomic E-state index is 5.94. The van der Waals surface area contributed by atoms with Gasteiger partial charge in [-0.05, 0) is 42.1 Å². The van der Waals surface area contributed by atoms with Gasteiger partial charge in [-0.1, -0.05) is 29.8 Å². The van der Waals surface area contributed by atoms with Gasteiger partial charge in [-0.3, -0.25) is 4.98 Å². The van der Waals surface area contributed by atoms with E-state index in [-0.39, 0.29) is 0 Å². The standard InChI is InChI=1S/C21H17ClN4S/c1-14-25-19(16-9-17(13-23-12-16)20-3-2-8-27-20)10-21(26-14)24-11-15-4-6-18(22)7-5-15/h2-10,12-13H,11H2,1H3,(H,24,25,26). The van der Waals surface area contributed by atoms with Crippen LogP contribution in [0.5, 0.6) is 0 Å². The minimum atomic E-state index is 0.667. The summed E-state index contributed by atoms with van der Waals surface area (Å²) < 4.78 is 0. The van der Waals surface area contributed by atoms with E-state index in [0.717, 1.165) is 33.2 Å². The molecule has 0 aliphatic carbocycles. The Labute approximate surface area is 166 Å². The molecule has 3 aromatic heterocycles. The molecule has 0 saturated carbocycles. The first kappa shape index (κ1) is 17.6. The molecular formula is C21H17ClN4S. The van der Waals surface area contributed by atoms with Crippen LogP contribution in [-0.4, -0.2) is 15.0 Å². The van der Waals surface area contributed by atoms with E-state index in [9.17, 15) is 0 Å². The van der Waals surface area contributed by atoms with Crippen LogP contribution in [0.25, 0.3) is 21.7 Å². The van der Waals surface area contributed by atoms with Gasteiger partial charge in [0.1, 0.15) is 11.6 Å². The van der Waals surface area contributed by atoms with Crippen molar-refractivity contribution in [2.45, 2.75) is 13.5 Å². The molecule has 0 saturated heterocycles. The third-order valence-electron chi connectivity index (χ3n) is 4.06. The number of rotatable bonds is 5. The number of nitrogens with one attached hydrogen (secondary N) is 1. The molecule has 1 N–H and O–H groups in total. The SMILES string of the molecule is Cc1nc(NCc2ccc(Cl)cc2)cc(-c2cncc(-c3cccs3)c2)n1. The van der Waals surface area contributed by atoms with Gasteiger partial charge in [0.15, 0.2) is 0 Å². The Bertz CT molecular complexity index is 1050. The number of hydrogen-bond donors (Lipinski definition) is 1. The average Bonchev–Trinajstić information content (AvgIpc) is 3.22. The second-order valence-electron chi connectivity index (χ2n) is 6.11. The Morgan fingerprint density at radius 3 is 2.59 bits per heavy atom.